The zero-order chi connectivity index (χ0) is 16.5. The molecule has 0 heterocycles. The van der Waals surface area contributed by atoms with E-state index in [1.165, 1.54) is 57.6 Å². The van der Waals surface area contributed by atoms with Gasteiger partial charge in [-0.25, -0.2) is 4.79 Å². The summed E-state index contributed by atoms with van der Waals surface area (Å²) in [5, 5.41) is 8.80. The predicted octanol–water partition coefficient (Wildman–Crippen LogP) is 4.89. The molecule has 22 heavy (non-hydrogen) atoms. The number of rotatable bonds is 14. The number of nitrogens with zero attached hydrogens (tertiary/aromatic N) is 1. The Morgan fingerprint density at radius 3 is 2.00 bits per heavy atom. The Balaban J connectivity index is 3.46. The second kappa shape index (κ2) is 15.9. The molecule has 126 valence electrons. The van der Waals surface area contributed by atoms with Crippen molar-refractivity contribution in [3.05, 3.63) is 11.8 Å². The van der Waals surface area contributed by atoms with E-state index in [9.17, 15) is 4.79 Å². The van der Waals surface area contributed by atoms with Crippen molar-refractivity contribution in [2.45, 2.75) is 78.1 Å². The molecule has 0 atom stereocenters. The molecule has 0 spiro atoms. The zero-order valence-electron chi connectivity index (χ0n) is 14.2. The van der Waals surface area contributed by atoms with Crippen molar-refractivity contribution in [1.29, 1.82) is 5.26 Å². The van der Waals surface area contributed by atoms with E-state index >= 15 is 0 Å². The highest BCUT2D eigenvalue weighted by Gasteiger charge is 2.10. The molecule has 0 saturated heterocycles. The third kappa shape index (κ3) is 12.3. The van der Waals surface area contributed by atoms with Crippen molar-refractivity contribution in [1.82, 2.24) is 0 Å². The maximum atomic E-state index is 11.5. The number of nitriles is 1. The van der Waals surface area contributed by atoms with Gasteiger partial charge in [-0.05, 0) is 13.3 Å². The summed E-state index contributed by atoms with van der Waals surface area (Å²) in [6, 6.07) is 1.79. The Labute approximate surface area is 135 Å². The van der Waals surface area contributed by atoms with Crippen molar-refractivity contribution in [2.75, 3.05) is 13.2 Å². The van der Waals surface area contributed by atoms with Crippen molar-refractivity contribution in [3.63, 3.8) is 0 Å². The molecule has 0 radical (unpaired) electrons. The van der Waals surface area contributed by atoms with Crippen LogP contribution in [0.4, 0.5) is 0 Å². The van der Waals surface area contributed by atoms with Crippen LogP contribution in [0, 0.1) is 11.3 Å². The van der Waals surface area contributed by atoms with Crippen molar-refractivity contribution < 1.29 is 14.3 Å². The summed E-state index contributed by atoms with van der Waals surface area (Å²) in [5.41, 5.74) is -0.0751. The van der Waals surface area contributed by atoms with Crippen LogP contribution in [0.25, 0.3) is 0 Å². The Kier molecular flexibility index (Phi) is 14.8. The number of ether oxygens (including phenoxy) is 2. The van der Waals surface area contributed by atoms with E-state index in [0.717, 1.165) is 12.8 Å². The minimum absolute atomic E-state index is 0.0751. The molecule has 0 fully saturated rings. The maximum absolute atomic E-state index is 11.5. The summed E-state index contributed by atoms with van der Waals surface area (Å²) in [5.74, 6) is -0.591. The standard InChI is InChI=1S/C18H31NO3/c1-3-5-6-7-8-9-10-11-12-13-14-22-18(20)17(15-19)16-21-4-2/h16H,3-14H2,1-2H3/b17-16+. The first-order chi connectivity index (χ1) is 10.8. The summed E-state index contributed by atoms with van der Waals surface area (Å²) in [7, 11) is 0. The molecule has 0 aliphatic rings. The lowest BCUT2D eigenvalue weighted by Gasteiger charge is -2.04. The van der Waals surface area contributed by atoms with Gasteiger partial charge < -0.3 is 9.47 Å². The maximum Gasteiger partial charge on any atom is 0.352 e. The van der Waals surface area contributed by atoms with E-state index in [2.05, 4.69) is 6.92 Å². The molecule has 0 N–H and O–H groups in total. The Morgan fingerprint density at radius 1 is 0.955 bits per heavy atom. The molecule has 0 aromatic rings. The van der Waals surface area contributed by atoms with Crippen LogP contribution in [0.5, 0.6) is 0 Å². The number of hydrogen-bond donors (Lipinski definition) is 0. The second-order valence-electron chi connectivity index (χ2n) is 5.42. The van der Waals surface area contributed by atoms with Gasteiger partial charge >= 0.3 is 5.97 Å². The van der Waals surface area contributed by atoms with Gasteiger partial charge in [0.05, 0.1) is 13.2 Å². The van der Waals surface area contributed by atoms with Gasteiger partial charge in [-0.15, -0.1) is 0 Å². The average Bonchev–Trinajstić information content (AvgIpc) is 2.53. The lowest BCUT2D eigenvalue weighted by atomic mass is 10.1. The van der Waals surface area contributed by atoms with Crippen LogP contribution in [0.15, 0.2) is 11.8 Å². The Hall–Kier alpha value is -1.50. The highest BCUT2D eigenvalue weighted by atomic mass is 16.5. The highest BCUT2D eigenvalue weighted by molar-refractivity contribution is 5.92. The average molecular weight is 309 g/mol. The van der Waals surface area contributed by atoms with E-state index in [-0.39, 0.29) is 5.57 Å². The van der Waals surface area contributed by atoms with Crippen molar-refractivity contribution >= 4 is 5.97 Å². The van der Waals surface area contributed by atoms with Crippen LogP contribution in [0.1, 0.15) is 78.1 Å². The van der Waals surface area contributed by atoms with Gasteiger partial charge in [-0.2, -0.15) is 5.26 Å². The van der Waals surface area contributed by atoms with Gasteiger partial charge in [-0.3, -0.25) is 0 Å². The van der Waals surface area contributed by atoms with Crippen LogP contribution < -0.4 is 0 Å². The fourth-order valence-corrected chi connectivity index (χ4v) is 2.12. The number of carbonyl (C=O) groups excluding carboxylic acids is 1. The SMILES string of the molecule is CCCCCCCCCCCCOC(=O)/C(C#N)=C/OCC. The van der Waals surface area contributed by atoms with Crippen molar-refractivity contribution in [3.8, 4) is 6.07 Å². The third-order valence-electron chi connectivity index (χ3n) is 3.44. The predicted molar refractivity (Wildman–Crippen MR) is 88.1 cm³/mol. The summed E-state index contributed by atoms with van der Waals surface area (Å²) in [4.78, 5) is 11.5. The number of carbonyl (C=O) groups is 1. The summed E-state index contributed by atoms with van der Waals surface area (Å²) >= 11 is 0. The first kappa shape index (κ1) is 20.5. The summed E-state index contributed by atoms with van der Waals surface area (Å²) in [6.07, 6.45) is 13.5. The second-order valence-corrected chi connectivity index (χ2v) is 5.42. The lowest BCUT2D eigenvalue weighted by Crippen LogP contribution is -2.08. The van der Waals surface area contributed by atoms with Crippen LogP contribution in [0.2, 0.25) is 0 Å². The largest absolute Gasteiger partial charge is 0.500 e. The van der Waals surface area contributed by atoms with Gasteiger partial charge in [0.2, 0.25) is 0 Å². The van der Waals surface area contributed by atoms with Crippen molar-refractivity contribution in [2.24, 2.45) is 0 Å². The molecule has 0 rings (SSSR count). The van der Waals surface area contributed by atoms with Gasteiger partial charge in [0, 0.05) is 0 Å². The molecule has 0 saturated carbocycles. The van der Waals surface area contributed by atoms with E-state index in [1.807, 2.05) is 0 Å². The minimum atomic E-state index is -0.591. The topological polar surface area (TPSA) is 59.3 Å². The smallest absolute Gasteiger partial charge is 0.352 e. The Morgan fingerprint density at radius 2 is 1.50 bits per heavy atom. The van der Waals surface area contributed by atoms with Gasteiger partial charge in [0.1, 0.15) is 12.3 Å². The molecule has 0 amide bonds. The quantitative estimate of drug-likeness (QED) is 0.151. The first-order valence-electron chi connectivity index (χ1n) is 8.65. The van der Waals surface area contributed by atoms with Crippen LogP contribution in [-0.2, 0) is 14.3 Å². The highest BCUT2D eigenvalue weighted by Crippen LogP contribution is 2.10. The number of esters is 1. The summed E-state index contributed by atoms with van der Waals surface area (Å²) in [6.45, 7) is 4.83. The normalized spacial score (nSPS) is 11.0. The third-order valence-corrected chi connectivity index (χ3v) is 3.44. The lowest BCUT2D eigenvalue weighted by molar-refractivity contribution is -0.138. The van der Waals surface area contributed by atoms with Crippen LogP contribution in [0.3, 0.4) is 0 Å². The van der Waals surface area contributed by atoms with E-state index in [4.69, 9.17) is 14.7 Å². The number of unbranched alkanes of at least 4 members (excludes halogenated alkanes) is 9. The molecule has 4 nitrogen and oxygen atoms in total. The van der Waals surface area contributed by atoms with Gasteiger partial charge in [0.15, 0.2) is 5.57 Å². The monoisotopic (exact) mass is 309 g/mol. The molecule has 0 aromatic heterocycles. The Bertz CT molecular complexity index is 345. The fourth-order valence-electron chi connectivity index (χ4n) is 2.12. The van der Waals surface area contributed by atoms with E-state index in [0.29, 0.717) is 13.2 Å². The molecule has 0 aliphatic carbocycles. The molecular weight excluding hydrogens is 278 g/mol. The van der Waals surface area contributed by atoms with E-state index < -0.39 is 5.97 Å². The minimum Gasteiger partial charge on any atom is -0.500 e. The molecule has 0 bridgehead atoms. The molecule has 0 aliphatic heterocycles. The van der Waals surface area contributed by atoms with Gasteiger partial charge in [0.25, 0.3) is 0 Å². The summed E-state index contributed by atoms with van der Waals surface area (Å²) < 4.78 is 9.98. The van der Waals surface area contributed by atoms with E-state index in [1.54, 1.807) is 13.0 Å². The van der Waals surface area contributed by atoms with Gasteiger partial charge in [-0.1, -0.05) is 64.7 Å². The number of hydrogen-bond acceptors (Lipinski definition) is 4. The molecular formula is C18H31NO3. The van der Waals surface area contributed by atoms with Crippen LogP contribution in [-0.4, -0.2) is 19.2 Å². The molecule has 0 aromatic carbocycles. The zero-order valence-corrected chi connectivity index (χ0v) is 14.2. The molecule has 4 heteroatoms. The molecule has 0 unspecified atom stereocenters. The first-order valence-corrected chi connectivity index (χ1v) is 8.65. The fraction of sp³-hybridized carbons (Fsp3) is 0.778. The van der Waals surface area contributed by atoms with Crippen LogP contribution >= 0.6 is 0 Å².